The maximum absolute atomic E-state index is 4.57. The van der Waals surface area contributed by atoms with Crippen LogP contribution in [0, 0.1) is 0 Å². The van der Waals surface area contributed by atoms with Crippen LogP contribution < -0.4 is 5.32 Å². The summed E-state index contributed by atoms with van der Waals surface area (Å²) in [6.07, 6.45) is 6.70. The summed E-state index contributed by atoms with van der Waals surface area (Å²) in [4.78, 5) is 13.0. The molecule has 2 rings (SSSR count). The van der Waals surface area contributed by atoms with Gasteiger partial charge in [-0.05, 0) is 25.1 Å². The first-order valence-electron chi connectivity index (χ1n) is 6.63. The molecule has 0 spiro atoms. The molecule has 2 aromatic heterocycles. The maximum Gasteiger partial charge on any atom is 0.178 e. The van der Waals surface area contributed by atoms with E-state index in [0.717, 1.165) is 29.8 Å². The molecule has 2 aromatic rings. The van der Waals surface area contributed by atoms with Crippen molar-refractivity contribution in [3.05, 3.63) is 30.2 Å². The zero-order valence-electron chi connectivity index (χ0n) is 11.1. The second-order valence-electron chi connectivity index (χ2n) is 4.45. The lowest BCUT2D eigenvalue weighted by Gasteiger charge is -2.16. The van der Waals surface area contributed by atoms with E-state index in [2.05, 4.69) is 40.2 Å². The van der Waals surface area contributed by atoms with Crippen molar-refractivity contribution in [3.8, 4) is 0 Å². The van der Waals surface area contributed by atoms with Gasteiger partial charge in [0, 0.05) is 30.6 Å². The van der Waals surface area contributed by atoms with E-state index < -0.39 is 0 Å². The molecule has 2 heterocycles. The first-order valence-corrected chi connectivity index (χ1v) is 6.63. The lowest BCUT2D eigenvalue weighted by molar-refractivity contribution is 0.482. The van der Waals surface area contributed by atoms with Gasteiger partial charge < -0.3 is 5.32 Å². The van der Waals surface area contributed by atoms with Crippen molar-refractivity contribution in [2.45, 2.75) is 39.2 Å². The van der Waals surface area contributed by atoms with Gasteiger partial charge in [-0.15, -0.1) is 0 Å². The van der Waals surface area contributed by atoms with Gasteiger partial charge in [0.2, 0.25) is 0 Å². The molecule has 4 nitrogen and oxygen atoms in total. The van der Waals surface area contributed by atoms with Crippen LogP contribution in [0.2, 0.25) is 0 Å². The minimum atomic E-state index is 0.502. The second kappa shape index (κ2) is 6.40. The van der Waals surface area contributed by atoms with Gasteiger partial charge in [-0.3, -0.25) is 4.98 Å². The molecule has 4 heteroatoms. The minimum Gasteiger partial charge on any atom is -0.314 e. The van der Waals surface area contributed by atoms with Crippen LogP contribution in [0.15, 0.2) is 24.5 Å². The zero-order chi connectivity index (χ0) is 12.8. The summed E-state index contributed by atoms with van der Waals surface area (Å²) in [6, 6.07) is 4.55. The molecule has 0 aliphatic rings. The van der Waals surface area contributed by atoms with E-state index in [1.54, 1.807) is 12.4 Å². The molecule has 0 amide bonds. The van der Waals surface area contributed by atoms with E-state index in [1.807, 2.05) is 6.07 Å². The van der Waals surface area contributed by atoms with Crippen molar-refractivity contribution in [1.29, 1.82) is 0 Å². The predicted molar refractivity (Wildman–Crippen MR) is 73.4 cm³/mol. The molecule has 96 valence electrons. The molecule has 1 unspecified atom stereocenters. The lowest BCUT2D eigenvalue weighted by Crippen LogP contribution is -2.31. The fourth-order valence-electron chi connectivity index (χ4n) is 2.17. The Bertz CT molecular complexity index is 492. The average molecular weight is 244 g/mol. The number of rotatable bonds is 6. The highest BCUT2D eigenvalue weighted by Gasteiger charge is 2.09. The summed E-state index contributed by atoms with van der Waals surface area (Å²) < 4.78 is 0. The molecule has 0 aliphatic carbocycles. The smallest absolute Gasteiger partial charge is 0.178 e. The molecule has 1 N–H and O–H groups in total. The van der Waals surface area contributed by atoms with Gasteiger partial charge in [0.1, 0.15) is 5.52 Å². The topological polar surface area (TPSA) is 50.7 Å². The largest absolute Gasteiger partial charge is 0.314 e. The van der Waals surface area contributed by atoms with Crippen LogP contribution in [0.5, 0.6) is 0 Å². The fraction of sp³-hybridized carbons (Fsp3) is 0.500. The van der Waals surface area contributed by atoms with Crippen molar-refractivity contribution >= 4 is 11.2 Å². The Balaban J connectivity index is 2.14. The first-order chi connectivity index (χ1) is 8.83. The van der Waals surface area contributed by atoms with E-state index in [-0.39, 0.29) is 0 Å². The van der Waals surface area contributed by atoms with Crippen molar-refractivity contribution in [2.24, 2.45) is 0 Å². The minimum absolute atomic E-state index is 0.502. The summed E-state index contributed by atoms with van der Waals surface area (Å²) in [7, 11) is 0. The first kappa shape index (κ1) is 12.9. The van der Waals surface area contributed by atoms with E-state index in [4.69, 9.17) is 0 Å². The molecular formula is C14H20N4. The number of aromatic nitrogens is 3. The number of nitrogens with one attached hydrogen (secondary N) is 1. The molecule has 0 fully saturated rings. The molecule has 18 heavy (non-hydrogen) atoms. The number of hydrogen-bond acceptors (Lipinski definition) is 4. The molecule has 0 aliphatic heterocycles. The Morgan fingerprint density at radius 2 is 2.00 bits per heavy atom. The van der Waals surface area contributed by atoms with Gasteiger partial charge in [-0.1, -0.05) is 20.3 Å². The molecule has 0 radical (unpaired) electrons. The van der Waals surface area contributed by atoms with E-state index >= 15 is 0 Å². The normalized spacial score (nSPS) is 12.8. The Labute approximate surface area is 108 Å². The molecule has 0 saturated heterocycles. The standard InChI is InChI=1S/C14H20N4/c1-3-5-11(15-4-2)10-12-6-7-13-14(18-12)17-9-8-16-13/h6-9,11,15H,3-5,10H2,1-2H3. The summed E-state index contributed by atoms with van der Waals surface area (Å²) in [5.74, 6) is 0. The highest BCUT2D eigenvalue weighted by Crippen LogP contribution is 2.10. The Morgan fingerprint density at radius 1 is 1.17 bits per heavy atom. The van der Waals surface area contributed by atoms with Gasteiger partial charge in [0.25, 0.3) is 0 Å². The van der Waals surface area contributed by atoms with Gasteiger partial charge in [0.15, 0.2) is 5.65 Å². The van der Waals surface area contributed by atoms with Crippen LogP contribution in [0.1, 0.15) is 32.4 Å². The fourth-order valence-corrected chi connectivity index (χ4v) is 2.17. The maximum atomic E-state index is 4.57. The third kappa shape index (κ3) is 3.23. The van der Waals surface area contributed by atoms with Crippen molar-refractivity contribution < 1.29 is 0 Å². The van der Waals surface area contributed by atoms with Gasteiger partial charge in [-0.25, -0.2) is 9.97 Å². The van der Waals surface area contributed by atoms with Gasteiger partial charge >= 0.3 is 0 Å². The molecular weight excluding hydrogens is 224 g/mol. The van der Waals surface area contributed by atoms with Crippen LogP contribution >= 0.6 is 0 Å². The Kier molecular flexibility index (Phi) is 4.59. The van der Waals surface area contributed by atoms with Crippen LogP contribution in [0.4, 0.5) is 0 Å². The average Bonchev–Trinajstić information content (AvgIpc) is 2.39. The summed E-state index contributed by atoms with van der Waals surface area (Å²) in [5.41, 5.74) is 2.68. The third-order valence-electron chi connectivity index (χ3n) is 2.97. The lowest BCUT2D eigenvalue weighted by atomic mass is 10.1. The van der Waals surface area contributed by atoms with Gasteiger partial charge in [-0.2, -0.15) is 0 Å². The van der Waals surface area contributed by atoms with Crippen molar-refractivity contribution in [3.63, 3.8) is 0 Å². The number of pyridine rings is 1. The van der Waals surface area contributed by atoms with E-state index in [1.165, 1.54) is 12.8 Å². The highest BCUT2D eigenvalue weighted by atomic mass is 14.9. The Hall–Kier alpha value is -1.55. The van der Waals surface area contributed by atoms with Crippen LogP contribution in [0.25, 0.3) is 11.2 Å². The van der Waals surface area contributed by atoms with E-state index in [0.29, 0.717) is 6.04 Å². The quantitative estimate of drug-likeness (QED) is 0.847. The monoisotopic (exact) mass is 244 g/mol. The highest BCUT2D eigenvalue weighted by molar-refractivity contribution is 5.68. The molecule has 0 saturated carbocycles. The Morgan fingerprint density at radius 3 is 2.78 bits per heavy atom. The zero-order valence-corrected chi connectivity index (χ0v) is 11.1. The number of nitrogens with zero attached hydrogens (tertiary/aromatic N) is 3. The van der Waals surface area contributed by atoms with Crippen molar-refractivity contribution in [1.82, 2.24) is 20.3 Å². The number of fused-ring (bicyclic) bond motifs is 1. The van der Waals surface area contributed by atoms with Crippen molar-refractivity contribution in [2.75, 3.05) is 6.54 Å². The molecule has 0 aromatic carbocycles. The summed E-state index contributed by atoms with van der Waals surface area (Å²) in [5, 5.41) is 3.50. The number of hydrogen-bond donors (Lipinski definition) is 1. The third-order valence-corrected chi connectivity index (χ3v) is 2.97. The molecule has 1 atom stereocenters. The van der Waals surface area contributed by atoms with Crippen LogP contribution in [-0.2, 0) is 6.42 Å². The second-order valence-corrected chi connectivity index (χ2v) is 4.45. The SMILES string of the molecule is CCCC(Cc1ccc2nccnc2n1)NCC. The summed E-state index contributed by atoms with van der Waals surface area (Å²) >= 11 is 0. The predicted octanol–water partition coefficient (Wildman–Crippen LogP) is 2.35. The number of likely N-dealkylation sites (N-methyl/N-ethyl adjacent to an activating group) is 1. The molecule has 0 bridgehead atoms. The van der Waals surface area contributed by atoms with Gasteiger partial charge in [0.05, 0.1) is 0 Å². The summed E-state index contributed by atoms with van der Waals surface area (Å²) in [6.45, 7) is 5.35. The van der Waals surface area contributed by atoms with Crippen LogP contribution in [0.3, 0.4) is 0 Å². The van der Waals surface area contributed by atoms with Crippen LogP contribution in [-0.4, -0.2) is 27.5 Å². The van der Waals surface area contributed by atoms with E-state index in [9.17, 15) is 0 Å².